The van der Waals surface area contributed by atoms with Crippen LogP contribution in [0, 0.1) is 17.8 Å². The third kappa shape index (κ3) is 3.31. The van der Waals surface area contributed by atoms with Gasteiger partial charge in [0.25, 0.3) is 0 Å². The van der Waals surface area contributed by atoms with Crippen LogP contribution in [-0.2, 0) is 19.1 Å². The molecule has 0 saturated heterocycles. The van der Waals surface area contributed by atoms with Gasteiger partial charge in [0, 0.05) is 19.3 Å². The van der Waals surface area contributed by atoms with Gasteiger partial charge in [0.05, 0.1) is 17.1 Å². The largest absolute Gasteiger partial charge is 0.456 e. The lowest BCUT2D eigenvalue weighted by atomic mass is 9.50. The quantitative estimate of drug-likeness (QED) is 0.738. The fourth-order valence-electron chi connectivity index (χ4n) is 5.17. The van der Waals surface area contributed by atoms with Gasteiger partial charge in [-0.15, -0.1) is 0 Å². The first-order valence-electron chi connectivity index (χ1n) is 8.87. The molecule has 4 saturated carbocycles. The molecule has 0 aromatic carbocycles. The van der Waals surface area contributed by atoms with Gasteiger partial charge in [-0.1, -0.05) is 20.8 Å². The summed E-state index contributed by atoms with van der Waals surface area (Å²) in [5.74, 6) is -0.982. The topological polar surface area (TPSA) is 93.1 Å². The lowest BCUT2D eigenvalue weighted by Crippen LogP contribution is -2.67. The van der Waals surface area contributed by atoms with Crippen LogP contribution in [0.25, 0.3) is 0 Å². The fraction of sp³-hybridized carbons (Fsp3) is 0.889. The van der Waals surface area contributed by atoms with E-state index in [-0.39, 0.29) is 17.8 Å². The smallest absolute Gasteiger partial charge is 0.344 e. The monoisotopic (exact) mass is 340 g/mol. The number of ether oxygens (including phenoxy) is 2. The van der Waals surface area contributed by atoms with Crippen molar-refractivity contribution in [1.82, 2.24) is 0 Å². The minimum atomic E-state index is -0.947. The first-order valence-corrected chi connectivity index (χ1v) is 8.87. The van der Waals surface area contributed by atoms with Gasteiger partial charge < -0.3 is 19.7 Å². The minimum absolute atomic E-state index is 0.139. The minimum Gasteiger partial charge on any atom is -0.456 e. The van der Waals surface area contributed by atoms with Crippen LogP contribution in [0.5, 0.6) is 0 Å². The maximum absolute atomic E-state index is 12.2. The molecule has 0 aromatic rings. The second-order valence-electron chi connectivity index (χ2n) is 8.75. The lowest BCUT2D eigenvalue weighted by molar-refractivity contribution is -0.262. The van der Waals surface area contributed by atoms with Crippen molar-refractivity contribution < 1.29 is 29.3 Å². The van der Waals surface area contributed by atoms with Gasteiger partial charge in [-0.25, -0.2) is 4.79 Å². The maximum Gasteiger partial charge on any atom is 0.344 e. The predicted octanol–water partition coefficient (Wildman–Crippen LogP) is 1.56. The average molecular weight is 340 g/mol. The number of hydrogen-bond donors (Lipinski definition) is 2. The molecule has 4 fully saturated rings. The Morgan fingerprint density at radius 3 is 2.12 bits per heavy atom. The van der Waals surface area contributed by atoms with Crippen LogP contribution in [0.4, 0.5) is 0 Å². The Kier molecular flexibility index (Phi) is 4.20. The molecular formula is C18H28O6. The van der Waals surface area contributed by atoms with Gasteiger partial charge in [-0.2, -0.15) is 0 Å². The highest BCUT2D eigenvalue weighted by molar-refractivity contribution is 5.78. The third-order valence-corrected chi connectivity index (χ3v) is 5.99. The summed E-state index contributed by atoms with van der Waals surface area (Å²) in [4.78, 5) is 24.0. The average Bonchev–Trinajstić information content (AvgIpc) is 2.39. The van der Waals surface area contributed by atoms with Crippen LogP contribution >= 0.6 is 0 Å². The number of hydrogen-bond acceptors (Lipinski definition) is 6. The van der Waals surface area contributed by atoms with Gasteiger partial charge in [0.2, 0.25) is 0 Å². The summed E-state index contributed by atoms with van der Waals surface area (Å²) in [6, 6.07) is 0. The summed E-state index contributed by atoms with van der Waals surface area (Å²) in [7, 11) is 0. The molecule has 0 heterocycles. The molecule has 136 valence electrons. The Balaban J connectivity index is 1.60. The van der Waals surface area contributed by atoms with Gasteiger partial charge in [0.1, 0.15) is 5.60 Å². The second kappa shape index (κ2) is 5.70. The molecule has 4 rings (SSSR count). The molecule has 3 unspecified atom stereocenters. The Bertz CT molecular complexity index is 524. The molecule has 24 heavy (non-hydrogen) atoms. The summed E-state index contributed by atoms with van der Waals surface area (Å²) in [5.41, 5.74) is -2.72. The second-order valence-corrected chi connectivity index (χ2v) is 8.75. The molecular weight excluding hydrogens is 312 g/mol. The summed E-state index contributed by atoms with van der Waals surface area (Å²) < 4.78 is 10.7. The molecule has 3 atom stereocenters. The summed E-state index contributed by atoms with van der Waals surface area (Å²) in [5, 5.41) is 21.3. The Morgan fingerprint density at radius 2 is 1.62 bits per heavy atom. The zero-order valence-electron chi connectivity index (χ0n) is 14.7. The summed E-state index contributed by atoms with van der Waals surface area (Å²) in [6.07, 6.45) is 3.07. The number of aliphatic hydroxyl groups is 2. The Morgan fingerprint density at radius 1 is 1.04 bits per heavy atom. The van der Waals surface area contributed by atoms with Crippen molar-refractivity contribution in [1.29, 1.82) is 0 Å². The Hall–Kier alpha value is -1.14. The van der Waals surface area contributed by atoms with Crippen molar-refractivity contribution in [3.63, 3.8) is 0 Å². The molecule has 4 bridgehead atoms. The summed E-state index contributed by atoms with van der Waals surface area (Å²) >= 11 is 0. The third-order valence-electron chi connectivity index (χ3n) is 5.99. The van der Waals surface area contributed by atoms with E-state index in [0.29, 0.717) is 38.5 Å². The maximum atomic E-state index is 12.2. The van der Waals surface area contributed by atoms with Crippen LogP contribution in [-0.4, -0.2) is 45.6 Å². The van der Waals surface area contributed by atoms with E-state index in [1.165, 1.54) is 0 Å². The highest BCUT2D eigenvalue weighted by Crippen LogP contribution is 2.60. The van der Waals surface area contributed by atoms with E-state index in [9.17, 15) is 19.8 Å². The molecule has 2 N–H and O–H groups in total. The first-order chi connectivity index (χ1) is 11.0. The van der Waals surface area contributed by atoms with Crippen molar-refractivity contribution in [2.75, 3.05) is 6.61 Å². The van der Waals surface area contributed by atoms with Gasteiger partial charge >= 0.3 is 11.9 Å². The standard InChI is InChI=1S/C18H28O6/c1-11(2)12(3)15(20)23-7-14(19)24-18-6-13-4-16(21,9-18)8-17(22,5-13)10-18/h11-13,21-22H,4-10H2,1-3H3. The number of rotatable bonds is 5. The molecule has 4 aliphatic rings. The van der Waals surface area contributed by atoms with Gasteiger partial charge in [-0.3, -0.25) is 4.79 Å². The summed E-state index contributed by atoms with van der Waals surface area (Å²) in [6.45, 7) is 5.18. The van der Waals surface area contributed by atoms with Crippen LogP contribution in [0.3, 0.4) is 0 Å². The van der Waals surface area contributed by atoms with E-state index < -0.39 is 35.3 Å². The number of carbonyl (C=O) groups excluding carboxylic acids is 2. The van der Waals surface area contributed by atoms with E-state index in [2.05, 4.69) is 0 Å². The predicted molar refractivity (Wildman–Crippen MR) is 84.9 cm³/mol. The fourth-order valence-corrected chi connectivity index (χ4v) is 5.17. The SMILES string of the molecule is CC(C)C(C)C(=O)OCC(=O)OC12CC3CC(O)(CC(O)(C3)C1)C2. The molecule has 0 amide bonds. The van der Waals surface area contributed by atoms with Crippen molar-refractivity contribution in [2.45, 2.75) is 76.1 Å². The molecule has 6 heteroatoms. The van der Waals surface area contributed by atoms with E-state index in [1.54, 1.807) is 6.92 Å². The Labute approximate surface area is 142 Å². The van der Waals surface area contributed by atoms with Crippen LogP contribution in [0.1, 0.15) is 59.3 Å². The molecule has 0 spiro atoms. The highest BCUT2D eigenvalue weighted by Gasteiger charge is 2.64. The molecule has 4 aliphatic carbocycles. The van der Waals surface area contributed by atoms with Crippen molar-refractivity contribution >= 4 is 11.9 Å². The van der Waals surface area contributed by atoms with E-state index in [1.807, 2.05) is 13.8 Å². The van der Waals surface area contributed by atoms with E-state index >= 15 is 0 Å². The van der Waals surface area contributed by atoms with Crippen molar-refractivity contribution in [3.8, 4) is 0 Å². The molecule has 0 aliphatic heterocycles. The molecule has 0 radical (unpaired) electrons. The number of esters is 2. The van der Waals surface area contributed by atoms with Crippen LogP contribution < -0.4 is 0 Å². The molecule has 0 aromatic heterocycles. The van der Waals surface area contributed by atoms with Gasteiger partial charge in [-0.05, 0) is 31.1 Å². The van der Waals surface area contributed by atoms with E-state index in [4.69, 9.17) is 9.47 Å². The van der Waals surface area contributed by atoms with E-state index in [0.717, 1.165) is 0 Å². The van der Waals surface area contributed by atoms with Gasteiger partial charge in [0.15, 0.2) is 6.61 Å². The van der Waals surface area contributed by atoms with Crippen LogP contribution in [0.2, 0.25) is 0 Å². The first kappa shape index (κ1) is 17.7. The zero-order chi connectivity index (χ0) is 17.8. The van der Waals surface area contributed by atoms with Crippen LogP contribution in [0.15, 0.2) is 0 Å². The zero-order valence-corrected chi connectivity index (χ0v) is 14.7. The highest BCUT2D eigenvalue weighted by atomic mass is 16.6. The molecule has 6 nitrogen and oxygen atoms in total. The van der Waals surface area contributed by atoms with Crippen molar-refractivity contribution in [2.24, 2.45) is 17.8 Å². The number of carbonyl (C=O) groups is 2. The lowest BCUT2D eigenvalue weighted by Gasteiger charge is -2.62. The normalized spacial score (nSPS) is 41.3. The van der Waals surface area contributed by atoms with Crippen molar-refractivity contribution in [3.05, 3.63) is 0 Å².